The molecule has 0 aromatic heterocycles. The smallest absolute Gasteiger partial charge is 0.410 e. The Morgan fingerprint density at radius 2 is 2.16 bits per heavy atom. The van der Waals surface area contributed by atoms with Crippen LogP contribution in [0.25, 0.3) is 0 Å². The van der Waals surface area contributed by atoms with E-state index >= 15 is 0 Å². The molecule has 1 aliphatic heterocycles. The standard InChI is InChI=1S/C15H19NO3/c17-15(19-11-12-5-2-1-3-6-12)16-9-10-18-14-8-4-7-13(14)16/h1-3,5-6,13-14H,4,7-11H2. The van der Waals surface area contributed by atoms with Crippen molar-refractivity contribution in [2.45, 2.75) is 38.0 Å². The lowest BCUT2D eigenvalue weighted by Crippen LogP contribution is -2.51. The van der Waals surface area contributed by atoms with Gasteiger partial charge in [-0.15, -0.1) is 0 Å². The lowest BCUT2D eigenvalue weighted by Gasteiger charge is -2.36. The quantitative estimate of drug-likeness (QED) is 0.821. The van der Waals surface area contributed by atoms with Gasteiger partial charge >= 0.3 is 6.09 Å². The molecule has 1 saturated carbocycles. The summed E-state index contributed by atoms with van der Waals surface area (Å²) >= 11 is 0. The van der Waals surface area contributed by atoms with Crippen LogP contribution in [0.4, 0.5) is 4.79 Å². The summed E-state index contributed by atoms with van der Waals surface area (Å²) in [5.41, 5.74) is 1.02. The molecule has 1 aromatic carbocycles. The summed E-state index contributed by atoms with van der Waals surface area (Å²) in [4.78, 5) is 14.0. The van der Waals surface area contributed by atoms with E-state index in [4.69, 9.17) is 9.47 Å². The first-order chi connectivity index (χ1) is 9.34. The largest absolute Gasteiger partial charge is 0.445 e. The second-order valence-electron chi connectivity index (χ2n) is 5.14. The molecule has 1 aliphatic carbocycles. The van der Waals surface area contributed by atoms with Gasteiger partial charge in [-0.05, 0) is 24.8 Å². The second kappa shape index (κ2) is 5.61. The third-order valence-corrected chi connectivity index (χ3v) is 3.92. The van der Waals surface area contributed by atoms with E-state index in [0.29, 0.717) is 19.8 Å². The van der Waals surface area contributed by atoms with Gasteiger partial charge < -0.3 is 14.4 Å². The molecule has 19 heavy (non-hydrogen) atoms. The molecule has 2 atom stereocenters. The minimum Gasteiger partial charge on any atom is -0.445 e. The molecule has 0 bridgehead atoms. The average molecular weight is 261 g/mol. The lowest BCUT2D eigenvalue weighted by atomic mass is 10.1. The molecule has 4 nitrogen and oxygen atoms in total. The number of fused-ring (bicyclic) bond motifs is 1. The van der Waals surface area contributed by atoms with Crippen LogP contribution < -0.4 is 0 Å². The van der Waals surface area contributed by atoms with Gasteiger partial charge in [-0.25, -0.2) is 4.79 Å². The fraction of sp³-hybridized carbons (Fsp3) is 0.533. The van der Waals surface area contributed by atoms with Crippen molar-refractivity contribution in [2.75, 3.05) is 13.2 Å². The maximum atomic E-state index is 12.2. The summed E-state index contributed by atoms with van der Waals surface area (Å²) in [5.74, 6) is 0. The van der Waals surface area contributed by atoms with Crippen LogP contribution in [0.3, 0.4) is 0 Å². The summed E-state index contributed by atoms with van der Waals surface area (Å²) in [5, 5.41) is 0. The summed E-state index contributed by atoms with van der Waals surface area (Å²) in [6.45, 7) is 1.62. The van der Waals surface area contributed by atoms with Gasteiger partial charge in [-0.3, -0.25) is 0 Å². The summed E-state index contributed by atoms with van der Waals surface area (Å²) in [6.07, 6.45) is 3.25. The molecule has 1 heterocycles. The molecule has 0 N–H and O–H groups in total. The molecule has 0 spiro atoms. The maximum Gasteiger partial charge on any atom is 0.410 e. The Morgan fingerprint density at radius 1 is 1.32 bits per heavy atom. The van der Waals surface area contributed by atoms with Gasteiger partial charge in [0.05, 0.1) is 18.8 Å². The van der Waals surface area contributed by atoms with Crippen LogP contribution in [0, 0.1) is 0 Å². The Labute approximate surface area is 113 Å². The Kier molecular flexibility index (Phi) is 3.69. The van der Waals surface area contributed by atoms with Crippen molar-refractivity contribution in [3.8, 4) is 0 Å². The minimum atomic E-state index is -0.205. The fourth-order valence-electron chi connectivity index (χ4n) is 2.95. The SMILES string of the molecule is O=C(OCc1ccccc1)N1CCOC2CCCC21. The monoisotopic (exact) mass is 261 g/mol. The molecule has 3 rings (SSSR count). The number of carbonyl (C=O) groups is 1. The van der Waals surface area contributed by atoms with Crippen LogP contribution >= 0.6 is 0 Å². The van der Waals surface area contributed by atoms with Crippen LogP contribution in [0.5, 0.6) is 0 Å². The number of ether oxygens (including phenoxy) is 2. The van der Waals surface area contributed by atoms with E-state index in [1.54, 1.807) is 0 Å². The number of hydrogen-bond acceptors (Lipinski definition) is 3. The first kappa shape index (κ1) is 12.5. The highest BCUT2D eigenvalue weighted by Crippen LogP contribution is 2.30. The summed E-state index contributed by atoms with van der Waals surface area (Å²) in [6, 6.07) is 10.00. The number of benzene rings is 1. The lowest BCUT2D eigenvalue weighted by molar-refractivity contribution is -0.0521. The van der Waals surface area contributed by atoms with Crippen molar-refractivity contribution < 1.29 is 14.3 Å². The van der Waals surface area contributed by atoms with E-state index in [1.165, 1.54) is 0 Å². The zero-order valence-corrected chi connectivity index (χ0v) is 11.0. The molecule has 1 aromatic rings. The molecule has 102 valence electrons. The molecule has 0 radical (unpaired) electrons. The highest BCUT2D eigenvalue weighted by Gasteiger charge is 2.39. The van der Waals surface area contributed by atoms with Crippen molar-refractivity contribution in [1.29, 1.82) is 0 Å². The molecular weight excluding hydrogens is 242 g/mol. The highest BCUT2D eigenvalue weighted by molar-refractivity contribution is 5.68. The van der Waals surface area contributed by atoms with Gasteiger partial charge in [0.1, 0.15) is 6.61 Å². The van der Waals surface area contributed by atoms with Gasteiger partial charge in [-0.1, -0.05) is 30.3 Å². The third-order valence-electron chi connectivity index (χ3n) is 3.92. The second-order valence-corrected chi connectivity index (χ2v) is 5.14. The minimum absolute atomic E-state index is 0.205. The number of carbonyl (C=O) groups excluding carboxylic acids is 1. The molecule has 1 amide bonds. The van der Waals surface area contributed by atoms with Gasteiger partial charge in [0.15, 0.2) is 0 Å². The van der Waals surface area contributed by atoms with E-state index in [2.05, 4.69) is 0 Å². The summed E-state index contributed by atoms with van der Waals surface area (Å²) < 4.78 is 11.1. The summed E-state index contributed by atoms with van der Waals surface area (Å²) in [7, 11) is 0. The molecular formula is C15H19NO3. The predicted octanol–water partition coefficient (Wildman–Crippen LogP) is 2.58. The van der Waals surface area contributed by atoms with Gasteiger partial charge in [0.2, 0.25) is 0 Å². The predicted molar refractivity (Wildman–Crippen MR) is 70.7 cm³/mol. The first-order valence-electron chi connectivity index (χ1n) is 6.93. The van der Waals surface area contributed by atoms with Crippen molar-refractivity contribution >= 4 is 6.09 Å². The Morgan fingerprint density at radius 3 is 3.00 bits per heavy atom. The van der Waals surface area contributed by atoms with Crippen LogP contribution in [-0.2, 0) is 16.1 Å². The zero-order valence-electron chi connectivity index (χ0n) is 11.0. The molecule has 4 heteroatoms. The van der Waals surface area contributed by atoms with Crippen molar-refractivity contribution in [1.82, 2.24) is 4.90 Å². The van der Waals surface area contributed by atoms with Crippen LogP contribution in [0.2, 0.25) is 0 Å². The first-order valence-corrected chi connectivity index (χ1v) is 6.93. The van der Waals surface area contributed by atoms with Crippen molar-refractivity contribution in [2.24, 2.45) is 0 Å². The topological polar surface area (TPSA) is 38.8 Å². The maximum absolute atomic E-state index is 12.2. The van der Waals surface area contributed by atoms with Gasteiger partial charge in [0, 0.05) is 6.54 Å². The van der Waals surface area contributed by atoms with E-state index < -0.39 is 0 Å². The Balaban J connectivity index is 1.57. The number of morpholine rings is 1. The molecule has 2 fully saturated rings. The average Bonchev–Trinajstić information content (AvgIpc) is 2.94. The van der Waals surface area contributed by atoms with Gasteiger partial charge in [-0.2, -0.15) is 0 Å². The number of rotatable bonds is 2. The Bertz CT molecular complexity index is 434. The molecule has 2 unspecified atom stereocenters. The van der Waals surface area contributed by atoms with Crippen molar-refractivity contribution in [3.05, 3.63) is 35.9 Å². The number of hydrogen-bond donors (Lipinski definition) is 0. The Hall–Kier alpha value is -1.55. The van der Waals surface area contributed by atoms with Crippen molar-refractivity contribution in [3.63, 3.8) is 0 Å². The van der Waals surface area contributed by atoms with Crippen LogP contribution in [-0.4, -0.2) is 36.3 Å². The van der Waals surface area contributed by atoms with Crippen LogP contribution in [0.1, 0.15) is 24.8 Å². The van der Waals surface area contributed by atoms with E-state index in [9.17, 15) is 4.79 Å². The highest BCUT2D eigenvalue weighted by atomic mass is 16.6. The number of nitrogens with zero attached hydrogens (tertiary/aromatic N) is 1. The molecule has 1 saturated heterocycles. The van der Waals surface area contributed by atoms with E-state index in [1.807, 2.05) is 35.2 Å². The number of amides is 1. The zero-order chi connectivity index (χ0) is 13.1. The normalized spacial score (nSPS) is 26.0. The third kappa shape index (κ3) is 2.73. The molecule has 2 aliphatic rings. The fourth-order valence-corrected chi connectivity index (χ4v) is 2.95. The van der Waals surface area contributed by atoms with Gasteiger partial charge in [0.25, 0.3) is 0 Å². The van der Waals surface area contributed by atoms with Crippen LogP contribution in [0.15, 0.2) is 30.3 Å². The van der Waals surface area contributed by atoms with E-state index in [-0.39, 0.29) is 18.2 Å². The van der Waals surface area contributed by atoms with E-state index in [0.717, 1.165) is 24.8 Å².